The number of carbonyl (C=O) groups excluding carboxylic acids is 1. The lowest BCUT2D eigenvalue weighted by atomic mass is 10.0. The van der Waals surface area contributed by atoms with Gasteiger partial charge in [-0.1, -0.05) is 44.2 Å². The molecule has 0 aliphatic rings. The topological polar surface area (TPSA) is 106 Å². The second kappa shape index (κ2) is 13.9. The van der Waals surface area contributed by atoms with Crippen LogP contribution < -0.4 is 19.5 Å². The normalized spacial score (nSPS) is 11.3. The first kappa shape index (κ1) is 29.1. The summed E-state index contributed by atoms with van der Waals surface area (Å²) in [5.41, 5.74) is 2.81. The van der Waals surface area contributed by atoms with Gasteiger partial charge in [0.1, 0.15) is 35.6 Å². The summed E-state index contributed by atoms with van der Waals surface area (Å²) in [5, 5.41) is 21.3. The third-order valence-electron chi connectivity index (χ3n) is 5.38. The molecule has 3 rings (SSSR count). The molecule has 1 N–H and O–H groups in total. The SMILES string of the molecule is CCOc1cc(/C=C(/C#N)C(=O)Nc2nnc(CC)s2)cc(Br)c1OCCOc1cc(C)ccc1C(C)C. The number of carbonyl (C=O) groups is 1. The summed E-state index contributed by atoms with van der Waals surface area (Å²) < 4.78 is 18.5. The Labute approximate surface area is 235 Å². The molecule has 0 aliphatic heterocycles. The molecule has 0 spiro atoms. The number of rotatable bonds is 12. The molecular weight excluding hydrogens is 568 g/mol. The van der Waals surface area contributed by atoms with Crippen LogP contribution in [0.3, 0.4) is 0 Å². The molecule has 0 bridgehead atoms. The van der Waals surface area contributed by atoms with Gasteiger partial charge >= 0.3 is 0 Å². The summed E-state index contributed by atoms with van der Waals surface area (Å²) in [6, 6.07) is 11.7. The van der Waals surface area contributed by atoms with Gasteiger partial charge in [0, 0.05) is 0 Å². The van der Waals surface area contributed by atoms with Crippen LogP contribution in [0.15, 0.2) is 40.4 Å². The van der Waals surface area contributed by atoms with Gasteiger partial charge < -0.3 is 14.2 Å². The van der Waals surface area contributed by atoms with Crippen molar-refractivity contribution in [2.24, 2.45) is 0 Å². The second-order valence-corrected chi connectivity index (χ2v) is 10.6. The molecule has 0 saturated heterocycles. The molecule has 0 atom stereocenters. The van der Waals surface area contributed by atoms with Crippen molar-refractivity contribution in [3.63, 3.8) is 0 Å². The minimum atomic E-state index is -0.560. The van der Waals surface area contributed by atoms with E-state index in [0.717, 1.165) is 21.9 Å². The highest BCUT2D eigenvalue weighted by atomic mass is 79.9. The van der Waals surface area contributed by atoms with Gasteiger partial charge in [-0.15, -0.1) is 10.2 Å². The van der Waals surface area contributed by atoms with E-state index in [4.69, 9.17) is 14.2 Å². The average molecular weight is 600 g/mol. The van der Waals surface area contributed by atoms with Gasteiger partial charge in [0.15, 0.2) is 11.5 Å². The van der Waals surface area contributed by atoms with Crippen molar-refractivity contribution in [3.8, 4) is 23.3 Å². The van der Waals surface area contributed by atoms with Gasteiger partial charge in [-0.25, -0.2) is 0 Å². The van der Waals surface area contributed by atoms with Gasteiger partial charge in [0.05, 0.1) is 11.1 Å². The van der Waals surface area contributed by atoms with Crippen molar-refractivity contribution < 1.29 is 19.0 Å². The molecule has 1 amide bonds. The summed E-state index contributed by atoms with van der Waals surface area (Å²) in [7, 11) is 0. The zero-order valence-corrected chi connectivity index (χ0v) is 24.5. The molecule has 8 nitrogen and oxygen atoms in total. The van der Waals surface area contributed by atoms with Gasteiger partial charge in [-0.2, -0.15) is 5.26 Å². The van der Waals surface area contributed by atoms with E-state index in [9.17, 15) is 10.1 Å². The third-order valence-corrected chi connectivity index (χ3v) is 6.95. The summed E-state index contributed by atoms with van der Waals surface area (Å²) in [6.45, 7) is 11.2. The number of benzene rings is 2. The number of nitriles is 1. The molecule has 10 heteroatoms. The molecular formula is C28H31BrN4O4S. The molecule has 0 saturated carbocycles. The van der Waals surface area contributed by atoms with Crippen molar-refractivity contribution in [1.82, 2.24) is 10.2 Å². The maximum absolute atomic E-state index is 12.6. The number of nitrogens with one attached hydrogen (secondary N) is 1. The number of ether oxygens (including phenoxy) is 3. The molecule has 200 valence electrons. The molecule has 0 fully saturated rings. The van der Waals surface area contributed by atoms with Crippen LogP contribution >= 0.6 is 27.3 Å². The molecule has 0 aliphatic carbocycles. The molecule has 38 heavy (non-hydrogen) atoms. The van der Waals surface area contributed by atoms with Gasteiger partial charge in [0.25, 0.3) is 5.91 Å². The highest BCUT2D eigenvalue weighted by Gasteiger charge is 2.16. The number of aromatic nitrogens is 2. The maximum Gasteiger partial charge on any atom is 0.268 e. The Morgan fingerprint density at radius 2 is 1.89 bits per heavy atom. The predicted molar refractivity (Wildman–Crippen MR) is 153 cm³/mol. The monoisotopic (exact) mass is 598 g/mol. The van der Waals surface area contributed by atoms with E-state index in [2.05, 4.69) is 57.4 Å². The average Bonchev–Trinajstić information content (AvgIpc) is 3.33. The molecule has 1 heterocycles. The van der Waals surface area contributed by atoms with Crippen LogP contribution in [0.5, 0.6) is 17.2 Å². The Morgan fingerprint density at radius 1 is 1.13 bits per heavy atom. The third kappa shape index (κ3) is 7.79. The van der Waals surface area contributed by atoms with E-state index in [0.29, 0.717) is 58.8 Å². The van der Waals surface area contributed by atoms with E-state index < -0.39 is 5.91 Å². The van der Waals surface area contributed by atoms with Gasteiger partial charge in [-0.3, -0.25) is 10.1 Å². The van der Waals surface area contributed by atoms with Gasteiger partial charge in [-0.05, 0) is 83.1 Å². The minimum Gasteiger partial charge on any atom is -0.490 e. The quantitative estimate of drug-likeness (QED) is 0.140. The number of aryl methyl sites for hydroxylation is 2. The fraction of sp³-hybridized carbons (Fsp3) is 0.357. The van der Waals surface area contributed by atoms with E-state index in [1.165, 1.54) is 17.4 Å². The molecule has 1 aromatic heterocycles. The van der Waals surface area contributed by atoms with Gasteiger partial charge in [0.2, 0.25) is 5.13 Å². The Balaban J connectivity index is 1.73. The Kier molecular flexibility index (Phi) is 10.7. The maximum atomic E-state index is 12.6. The zero-order valence-electron chi connectivity index (χ0n) is 22.1. The lowest BCUT2D eigenvalue weighted by Gasteiger charge is -2.17. The highest BCUT2D eigenvalue weighted by Crippen LogP contribution is 2.38. The lowest BCUT2D eigenvalue weighted by molar-refractivity contribution is -0.112. The van der Waals surface area contributed by atoms with Crippen molar-refractivity contribution in [3.05, 3.63) is 62.1 Å². The van der Waals surface area contributed by atoms with Crippen LogP contribution in [0.1, 0.15) is 55.3 Å². The summed E-state index contributed by atoms with van der Waals surface area (Å²) >= 11 is 4.82. The highest BCUT2D eigenvalue weighted by molar-refractivity contribution is 9.10. The number of hydrogen-bond donors (Lipinski definition) is 1. The number of amides is 1. The Bertz CT molecular complexity index is 1350. The van der Waals surface area contributed by atoms with Crippen LogP contribution in [0.4, 0.5) is 5.13 Å². The van der Waals surface area contributed by atoms with E-state index in [1.807, 2.05) is 32.9 Å². The number of anilines is 1. The van der Waals surface area contributed by atoms with Crippen LogP contribution in [0.25, 0.3) is 6.08 Å². The Hall–Kier alpha value is -3.42. The smallest absolute Gasteiger partial charge is 0.268 e. The molecule has 0 radical (unpaired) electrons. The fourth-order valence-electron chi connectivity index (χ4n) is 3.54. The number of halogens is 1. The van der Waals surface area contributed by atoms with Crippen LogP contribution in [0, 0.1) is 18.3 Å². The summed E-state index contributed by atoms with van der Waals surface area (Å²) in [4.78, 5) is 12.6. The first-order chi connectivity index (χ1) is 18.2. The lowest BCUT2D eigenvalue weighted by Crippen LogP contribution is -2.13. The fourth-order valence-corrected chi connectivity index (χ4v) is 4.79. The zero-order chi connectivity index (χ0) is 27.7. The first-order valence-electron chi connectivity index (χ1n) is 12.3. The van der Waals surface area contributed by atoms with Crippen LogP contribution in [-0.2, 0) is 11.2 Å². The minimum absolute atomic E-state index is 0.0752. The second-order valence-electron chi connectivity index (χ2n) is 8.63. The van der Waals surface area contributed by atoms with E-state index in [1.54, 1.807) is 12.1 Å². The molecule has 0 unspecified atom stereocenters. The number of hydrogen-bond acceptors (Lipinski definition) is 8. The largest absolute Gasteiger partial charge is 0.490 e. The van der Waals surface area contributed by atoms with Crippen molar-refractivity contribution in [1.29, 1.82) is 5.26 Å². The Morgan fingerprint density at radius 3 is 2.55 bits per heavy atom. The summed E-state index contributed by atoms with van der Waals surface area (Å²) in [5.74, 6) is 1.65. The van der Waals surface area contributed by atoms with Crippen molar-refractivity contribution in [2.75, 3.05) is 25.1 Å². The van der Waals surface area contributed by atoms with Crippen LogP contribution in [0.2, 0.25) is 0 Å². The van der Waals surface area contributed by atoms with E-state index >= 15 is 0 Å². The van der Waals surface area contributed by atoms with E-state index in [-0.39, 0.29) is 5.57 Å². The van der Waals surface area contributed by atoms with Crippen LogP contribution in [-0.4, -0.2) is 35.9 Å². The summed E-state index contributed by atoms with van der Waals surface area (Å²) in [6.07, 6.45) is 2.20. The number of nitrogens with zero attached hydrogens (tertiary/aromatic N) is 3. The predicted octanol–water partition coefficient (Wildman–Crippen LogP) is 6.70. The standard InChI is InChI=1S/C28H31BrN4O4S/c1-6-25-32-33-28(38-25)31-27(34)20(16-30)13-19-14-22(29)26(24(15-19)35-7-2)37-11-10-36-23-12-18(5)8-9-21(23)17(3)4/h8-9,12-15,17H,6-7,10-11H2,1-5H3,(H,31,33,34)/b20-13-. The molecule has 3 aromatic rings. The van der Waals surface area contributed by atoms with Crippen molar-refractivity contribution in [2.45, 2.75) is 47.0 Å². The first-order valence-corrected chi connectivity index (χ1v) is 13.9. The molecule has 2 aromatic carbocycles. The van der Waals surface area contributed by atoms with Crippen molar-refractivity contribution >= 4 is 44.4 Å².